The predicted octanol–water partition coefficient (Wildman–Crippen LogP) is 2.64. The van der Waals surface area contributed by atoms with E-state index in [2.05, 4.69) is 20.3 Å². The molecular weight excluding hydrogens is 313 g/mol. The number of hydrogen-bond donors (Lipinski definition) is 2. The first-order valence-corrected chi connectivity index (χ1v) is 7.19. The first kappa shape index (κ1) is 14.2. The SMILES string of the molecule is O=c1[nH]c2c(Nc3ccc(F)cc3)ncnc2n1Cc1ccco1. The number of benzene rings is 1. The monoisotopic (exact) mass is 325 g/mol. The van der Waals surface area contributed by atoms with Gasteiger partial charge in [0, 0.05) is 5.69 Å². The van der Waals surface area contributed by atoms with Crippen LogP contribution >= 0.6 is 0 Å². The smallest absolute Gasteiger partial charge is 0.328 e. The van der Waals surface area contributed by atoms with Gasteiger partial charge >= 0.3 is 5.69 Å². The van der Waals surface area contributed by atoms with E-state index < -0.39 is 0 Å². The highest BCUT2D eigenvalue weighted by molar-refractivity contribution is 5.85. The zero-order valence-electron chi connectivity index (χ0n) is 12.4. The van der Waals surface area contributed by atoms with Crippen LogP contribution in [0.3, 0.4) is 0 Å². The number of H-pyrrole nitrogens is 1. The summed E-state index contributed by atoms with van der Waals surface area (Å²) in [5.41, 5.74) is 1.26. The Morgan fingerprint density at radius 3 is 2.79 bits per heavy atom. The molecule has 0 unspecified atom stereocenters. The highest BCUT2D eigenvalue weighted by Crippen LogP contribution is 2.21. The normalized spacial score (nSPS) is 11.0. The molecule has 24 heavy (non-hydrogen) atoms. The van der Waals surface area contributed by atoms with Crippen LogP contribution in [-0.4, -0.2) is 19.5 Å². The summed E-state index contributed by atoms with van der Waals surface area (Å²) in [7, 11) is 0. The average Bonchev–Trinajstić information content (AvgIpc) is 3.20. The molecule has 0 aliphatic carbocycles. The summed E-state index contributed by atoms with van der Waals surface area (Å²) in [6, 6.07) is 9.38. The number of imidazole rings is 1. The first-order valence-electron chi connectivity index (χ1n) is 7.19. The van der Waals surface area contributed by atoms with Gasteiger partial charge in [0.05, 0.1) is 12.8 Å². The zero-order valence-corrected chi connectivity index (χ0v) is 12.4. The van der Waals surface area contributed by atoms with Gasteiger partial charge in [0.2, 0.25) is 0 Å². The fraction of sp³-hybridized carbons (Fsp3) is 0.0625. The maximum atomic E-state index is 13.0. The molecule has 7 nitrogen and oxygen atoms in total. The Kier molecular flexibility index (Phi) is 3.34. The van der Waals surface area contributed by atoms with Crippen LogP contribution in [0.25, 0.3) is 11.2 Å². The molecule has 0 aliphatic heterocycles. The number of aromatic amines is 1. The second-order valence-electron chi connectivity index (χ2n) is 5.15. The van der Waals surface area contributed by atoms with E-state index in [1.54, 1.807) is 30.5 Å². The number of nitrogens with one attached hydrogen (secondary N) is 2. The van der Waals surface area contributed by atoms with Crippen molar-refractivity contribution in [3.05, 3.63) is 71.1 Å². The van der Waals surface area contributed by atoms with Gasteiger partial charge in [-0.1, -0.05) is 0 Å². The molecule has 0 amide bonds. The topological polar surface area (TPSA) is 88.7 Å². The molecule has 120 valence electrons. The van der Waals surface area contributed by atoms with Gasteiger partial charge in [-0.2, -0.15) is 0 Å². The van der Waals surface area contributed by atoms with Crippen LogP contribution in [0.15, 0.2) is 58.2 Å². The van der Waals surface area contributed by atoms with E-state index in [9.17, 15) is 9.18 Å². The highest BCUT2D eigenvalue weighted by atomic mass is 19.1. The summed E-state index contributed by atoms with van der Waals surface area (Å²) in [5, 5.41) is 3.05. The molecule has 3 heterocycles. The van der Waals surface area contributed by atoms with Gasteiger partial charge in [0.1, 0.15) is 23.4 Å². The Balaban J connectivity index is 1.75. The number of fused-ring (bicyclic) bond motifs is 1. The second kappa shape index (κ2) is 5.65. The molecule has 0 atom stereocenters. The molecule has 2 N–H and O–H groups in total. The van der Waals surface area contributed by atoms with Crippen molar-refractivity contribution in [1.29, 1.82) is 0 Å². The van der Waals surface area contributed by atoms with Crippen LogP contribution in [0.4, 0.5) is 15.9 Å². The Morgan fingerprint density at radius 1 is 1.21 bits per heavy atom. The molecule has 0 radical (unpaired) electrons. The summed E-state index contributed by atoms with van der Waals surface area (Å²) in [4.78, 5) is 23.3. The number of rotatable bonds is 4. The highest BCUT2D eigenvalue weighted by Gasteiger charge is 2.14. The van der Waals surface area contributed by atoms with Crippen molar-refractivity contribution in [1.82, 2.24) is 19.5 Å². The van der Waals surface area contributed by atoms with Gasteiger partial charge in [0.25, 0.3) is 0 Å². The number of aromatic nitrogens is 4. The fourth-order valence-electron chi connectivity index (χ4n) is 2.44. The Labute approximate surface area is 134 Å². The lowest BCUT2D eigenvalue weighted by Crippen LogP contribution is -2.17. The largest absolute Gasteiger partial charge is 0.467 e. The molecular formula is C16H12FN5O2. The van der Waals surface area contributed by atoms with Crippen molar-refractivity contribution in [3.63, 3.8) is 0 Å². The van der Waals surface area contributed by atoms with Crippen LogP contribution in [-0.2, 0) is 6.54 Å². The van der Waals surface area contributed by atoms with Crippen molar-refractivity contribution in [3.8, 4) is 0 Å². The van der Waals surface area contributed by atoms with Gasteiger partial charge < -0.3 is 14.7 Å². The van der Waals surface area contributed by atoms with Gasteiger partial charge in [-0.25, -0.2) is 19.2 Å². The summed E-state index contributed by atoms with van der Waals surface area (Å²) in [6.07, 6.45) is 2.91. The van der Waals surface area contributed by atoms with Crippen LogP contribution in [0, 0.1) is 5.82 Å². The predicted molar refractivity (Wildman–Crippen MR) is 85.6 cm³/mol. The quantitative estimate of drug-likeness (QED) is 0.602. The van der Waals surface area contributed by atoms with E-state index in [1.807, 2.05) is 0 Å². The van der Waals surface area contributed by atoms with Gasteiger partial charge in [-0.15, -0.1) is 0 Å². The molecule has 0 bridgehead atoms. The zero-order chi connectivity index (χ0) is 16.5. The molecule has 3 aromatic heterocycles. The Bertz CT molecular complexity index is 1030. The van der Waals surface area contributed by atoms with Crippen molar-refractivity contribution in [2.75, 3.05) is 5.32 Å². The maximum Gasteiger partial charge on any atom is 0.328 e. The fourth-order valence-corrected chi connectivity index (χ4v) is 2.44. The van der Waals surface area contributed by atoms with E-state index in [0.29, 0.717) is 28.4 Å². The third-order valence-corrected chi connectivity index (χ3v) is 3.56. The second-order valence-corrected chi connectivity index (χ2v) is 5.15. The average molecular weight is 325 g/mol. The summed E-state index contributed by atoms with van der Waals surface area (Å²) in [5.74, 6) is 0.748. The maximum absolute atomic E-state index is 13.0. The molecule has 8 heteroatoms. The Hall–Kier alpha value is -3.42. The van der Waals surface area contributed by atoms with Gasteiger partial charge in [-0.05, 0) is 36.4 Å². The van der Waals surface area contributed by atoms with Crippen molar-refractivity contribution in [2.24, 2.45) is 0 Å². The van der Waals surface area contributed by atoms with E-state index in [-0.39, 0.29) is 18.1 Å². The third-order valence-electron chi connectivity index (χ3n) is 3.56. The van der Waals surface area contributed by atoms with E-state index in [4.69, 9.17) is 4.42 Å². The van der Waals surface area contributed by atoms with Crippen molar-refractivity contribution in [2.45, 2.75) is 6.54 Å². The number of furan rings is 1. The Morgan fingerprint density at radius 2 is 2.04 bits per heavy atom. The summed E-state index contributed by atoms with van der Waals surface area (Å²) in [6.45, 7) is 0.263. The molecule has 0 fully saturated rings. The summed E-state index contributed by atoms with van der Waals surface area (Å²) >= 11 is 0. The van der Waals surface area contributed by atoms with Gasteiger partial charge in [-0.3, -0.25) is 4.57 Å². The standard InChI is InChI=1S/C16H12FN5O2/c17-10-3-5-11(6-4-10)20-14-13-15(19-9-18-14)22(16(23)21-13)8-12-2-1-7-24-12/h1-7,9H,8H2,(H,21,23)(H,18,19,20). The first-order chi connectivity index (χ1) is 11.7. The van der Waals surface area contributed by atoms with Gasteiger partial charge in [0.15, 0.2) is 11.5 Å². The number of nitrogens with zero attached hydrogens (tertiary/aromatic N) is 3. The molecule has 0 spiro atoms. The van der Waals surface area contributed by atoms with E-state index in [1.165, 1.54) is 23.0 Å². The lowest BCUT2D eigenvalue weighted by atomic mass is 10.3. The number of anilines is 2. The van der Waals surface area contributed by atoms with Crippen LogP contribution < -0.4 is 11.0 Å². The minimum absolute atomic E-state index is 0.263. The van der Waals surface area contributed by atoms with Crippen LogP contribution in [0.1, 0.15) is 5.76 Å². The van der Waals surface area contributed by atoms with Crippen molar-refractivity contribution >= 4 is 22.7 Å². The minimum Gasteiger partial charge on any atom is -0.467 e. The minimum atomic E-state index is -0.327. The van der Waals surface area contributed by atoms with E-state index in [0.717, 1.165) is 0 Å². The van der Waals surface area contributed by atoms with E-state index >= 15 is 0 Å². The van der Waals surface area contributed by atoms with Crippen molar-refractivity contribution < 1.29 is 8.81 Å². The molecule has 4 aromatic rings. The molecule has 0 aliphatic rings. The lowest BCUT2D eigenvalue weighted by molar-refractivity contribution is 0.492. The molecule has 1 aromatic carbocycles. The number of hydrogen-bond acceptors (Lipinski definition) is 5. The van der Waals surface area contributed by atoms with Crippen LogP contribution in [0.5, 0.6) is 0 Å². The number of halogens is 1. The molecule has 0 saturated heterocycles. The lowest BCUT2D eigenvalue weighted by Gasteiger charge is -2.06. The molecule has 0 saturated carbocycles. The summed E-state index contributed by atoms with van der Waals surface area (Å²) < 4.78 is 19.7. The van der Waals surface area contributed by atoms with Crippen LogP contribution in [0.2, 0.25) is 0 Å². The molecule has 4 rings (SSSR count). The third kappa shape index (κ3) is 2.54.